The van der Waals surface area contributed by atoms with Crippen molar-refractivity contribution in [2.45, 2.75) is 76.1 Å². The minimum absolute atomic E-state index is 0.0430. The third-order valence-corrected chi connectivity index (χ3v) is 7.50. The number of hydrogen-bond acceptors (Lipinski definition) is 7. The van der Waals surface area contributed by atoms with Crippen molar-refractivity contribution >= 4 is 12.0 Å². The first-order valence-corrected chi connectivity index (χ1v) is 12.0. The molecular weight excluding hydrogens is 436 g/mol. The zero-order valence-corrected chi connectivity index (χ0v) is 20.5. The second kappa shape index (κ2) is 8.93. The largest absolute Gasteiger partial charge is 0.504 e. The lowest BCUT2D eigenvalue weighted by Gasteiger charge is -2.33. The normalized spacial score (nSPS) is 26.4. The molecule has 2 unspecified atom stereocenters. The second-order valence-corrected chi connectivity index (χ2v) is 10.7. The number of carbonyl (C=O) groups excluding carboxylic acids is 1. The Morgan fingerprint density at radius 1 is 1.15 bits per heavy atom. The van der Waals surface area contributed by atoms with Crippen molar-refractivity contribution in [2.24, 2.45) is 11.3 Å². The quantitative estimate of drug-likeness (QED) is 0.441. The van der Waals surface area contributed by atoms with Gasteiger partial charge >= 0.3 is 5.97 Å². The molecule has 0 radical (unpaired) electrons. The maximum atomic E-state index is 13.2. The summed E-state index contributed by atoms with van der Waals surface area (Å²) in [6.07, 6.45) is 11.7. The third kappa shape index (κ3) is 4.82. The number of phenols is 1. The lowest BCUT2D eigenvalue weighted by atomic mass is 9.75. The topological polar surface area (TPSA) is 105 Å². The standard InChI is InChI=1S/C27H36O7/c1-25(2,31)16-18-8-5-7-17-15-19(32-3)23(33-4)22(29)21(17)24(30)34-26(11-12-26)10-6-9-20(28)27(18)13-14-27/h5-7,9,15,18,20,28-29,31H,8,10-14,16H2,1-4H3/b7-5+,9-6?. The zero-order chi connectivity index (χ0) is 24.7. The number of aliphatic hydroxyl groups is 2. The van der Waals surface area contributed by atoms with Crippen LogP contribution in [0.4, 0.5) is 0 Å². The highest BCUT2D eigenvalue weighted by Crippen LogP contribution is 2.58. The van der Waals surface area contributed by atoms with Crippen molar-refractivity contribution in [3.8, 4) is 17.2 Å². The second-order valence-electron chi connectivity index (χ2n) is 10.7. The van der Waals surface area contributed by atoms with Gasteiger partial charge in [-0.15, -0.1) is 0 Å². The van der Waals surface area contributed by atoms with E-state index in [9.17, 15) is 20.1 Å². The summed E-state index contributed by atoms with van der Waals surface area (Å²) in [5, 5.41) is 32.6. The summed E-state index contributed by atoms with van der Waals surface area (Å²) in [5.41, 5.74) is -1.27. The van der Waals surface area contributed by atoms with Crippen LogP contribution in [-0.4, -0.2) is 52.8 Å². The van der Waals surface area contributed by atoms with E-state index < -0.39 is 23.3 Å². The van der Waals surface area contributed by atoms with E-state index in [4.69, 9.17) is 14.2 Å². The molecule has 1 heterocycles. The van der Waals surface area contributed by atoms with Gasteiger partial charge in [-0.3, -0.25) is 0 Å². The number of hydrogen-bond donors (Lipinski definition) is 3. The van der Waals surface area contributed by atoms with Crippen LogP contribution in [-0.2, 0) is 4.74 Å². The summed E-state index contributed by atoms with van der Waals surface area (Å²) >= 11 is 0. The molecule has 34 heavy (non-hydrogen) atoms. The molecule has 1 aromatic rings. The Balaban J connectivity index is 1.79. The van der Waals surface area contributed by atoms with Gasteiger partial charge in [-0.05, 0) is 69.9 Å². The Bertz CT molecular complexity index is 993. The van der Waals surface area contributed by atoms with Gasteiger partial charge in [0.25, 0.3) is 0 Å². The van der Waals surface area contributed by atoms with Crippen molar-refractivity contribution < 1.29 is 34.3 Å². The maximum Gasteiger partial charge on any atom is 0.343 e. The summed E-state index contributed by atoms with van der Waals surface area (Å²) < 4.78 is 16.6. The highest BCUT2D eigenvalue weighted by atomic mass is 16.6. The molecule has 1 aliphatic heterocycles. The van der Waals surface area contributed by atoms with Gasteiger partial charge in [-0.1, -0.05) is 24.3 Å². The minimum Gasteiger partial charge on any atom is -0.504 e. The number of aromatic hydroxyl groups is 1. The number of phenolic OH excluding ortho intramolecular Hbond substituents is 1. The summed E-state index contributed by atoms with van der Waals surface area (Å²) in [6, 6.07) is 1.66. The van der Waals surface area contributed by atoms with E-state index in [-0.39, 0.29) is 28.4 Å². The first-order chi connectivity index (χ1) is 16.0. The van der Waals surface area contributed by atoms with Crippen LogP contribution >= 0.6 is 0 Å². The van der Waals surface area contributed by atoms with Crippen molar-refractivity contribution in [2.75, 3.05) is 14.2 Å². The van der Waals surface area contributed by atoms with Crippen molar-refractivity contribution in [1.29, 1.82) is 0 Å². The fourth-order valence-corrected chi connectivity index (χ4v) is 5.25. The van der Waals surface area contributed by atoms with Crippen LogP contribution in [0, 0.1) is 11.3 Å². The fraction of sp³-hybridized carbons (Fsp3) is 0.593. The molecule has 7 heteroatoms. The van der Waals surface area contributed by atoms with Crippen molar-refractivity contribution in [1.82, 2.24) is 0 Å². The van der Waals surface area contributed by atoms with Gasteiger partial charge < -0.3 is 29.5 Å². The molecule has 0 bridgehead atoms. The van der Waals surface area contributed by atoms with Crippen LogP contribution in [0.5, 0.6) is 17.2 Å². The van der Waals surface area contributed by atoms with Crippen LogP contribution in [0.15, 0.2) is 24.3 Å². The Labute approximate surface area is 201 Å². The van der Waals surface area contributed by atoms with Crippen molar-refractivity contribution in [3.63, 3.8) is 0 Å². The zero-order valence-electron chi connectivity index (χ0n) is 20.5. The molecule has 2 aliphatic carbocycles. The Kier molecular flexibility index (Phi) is 6.46. The Morgan fingerprint density at radius 2 is 1.85 bits per heavy atom. The number of methoxy groups -OCH3 is 2. The molecule has 2 spiro atoms. The first-order valence-electron chi connectivity index (χ1n) is 12.0. The van der Waals surface area contributed by atoms with Crippen LogP contribution < -0.4 is 9.47 Å². The smallest absolute Gasteiger partial charge is 0.343 e. The van der Waals surface area contributed by atoms with E-state index in [1.807, 2.05) is 18.2 Å². The molecule has 4 rings (SSSR count). The number of allylic oxidation sites excluding steroid dienone is 1. The van der Waals surface area contributed by atoms with Gasteiger partial charge in [0.1, 0.15) is 11.2 Å². The number of carbonyl (C=O) groups is 1. The molecule has 2 fully saturated rings. The molecule has 1 aromatic carbocycles. The van der Waals surface area contributed by atoms with Gasteiger partial charge in [0, 0.05) is 11.8 Å². The number of aliphatic hydroxyl groups excluding tert-OH is 1. The predicted molar refractivity (Wildman–Crippen MR) is 128 cm³/mol. The molecule has 0 saturated heterocycles. The van der Waals surface area contributed by atoms with E-state index in [1.54, 1.807) is 26.0 Å². The van der Waals surface area contributed by atoms with Crippen molar-refractivity contribution in [3.05, 3.63) is 35.4 Å². The summed E-state index contributed by atoms with van der Waals surface area (Å²) in [4.78, 5) is 13.2. The lowest BCUT2D eigenvalue weighted by molar-refractivity contribution is 0.0133. The molecule has 186 valence electrons. The van der Waals surface area contributed by atoms with E-state index in [0.29, 0.717) is 30.6 Å². The highest BCUT2D eigenvalue weighted by molar-refractivity contribution is 5.98. The maximum absolute atomic E-state index is 13.2. The monoisotopic (exact) mass is 472 g/mol. The first kappa shape index (κ1) is 24.6. The SMILES string of the molecule is COc1cc2c(c(O)c1OC)C(=O)OC1(CC=CC(O)C3(CC3)C(CC(C)(C)O)C/C=C/2)CC1. The van der Waals surface area contributed by atoms with E-state index in [1.165, 1.54) is 14.2 Å². The average molecular weight is 473 g/mol. The van der Waals surface area contributed by atoms with Gasteiger partial charge in [0.15, 0.2) is 11.5 Å². The minimum atomic E-state index is -0.877. The van der Waals surface area contributed by atoms with E-state index in [2.05, 4.69) is 0 Å². The van der Waals surface area contributed by atoms with Crippen LogP contribution in [0.3, 0.4) is 0 Å². The number of fused-ring (bicyclic) bond motifs is 1. The van der Waals surface area contributed by atoms with Gasteiger partial charge in [-0.25, -0.2) is 4.79 Å². The molecule has 3 aliphatic rings. The molecule has 0 aromatic heterocycles. The molecule has 7 nitrogen and oxygen atoms in total. The fourth-order valence-electron chi connectivity index (χ4n) is 5.25. The highest BCUT2D eigenvalue weighted by Gasteiger charge is 2.54. The third-order valence-electron chi connectivity index (χ3n) is 7.50. The number of rotatable bonds is 4. The lowest BCUT2D eigenvalue weighted by Crippen LogP contribution is -2.34. The molecule has 2 atom stereocenters. The van der Waals surface area contributed by atoms with E-state index >= 15 is 0 Å². The Hall–Kier alpha value is -2.51. The summed E-state index contributed by atoms with van der Waals surface area (Å²) in [5.74, 6) is -0.494. The molecule has 0 amide bonds. The number of benzene rings is 1. The molecule has 2 saturated carbocycles. The van der Waals surface area contributed by atoms with Gasteiger partial charge in [-0.2, -0.15) is 0 Å². The molecule has 3 N–H and O–H groups in total. The van der Waals surface area contributed by atoms with Crippen LogP contribution in [0.25, 0.3) is 6.08 Å². The summed E-state index contributed by atoms with van der Waals surface area (Å²) in [7, 11) is 2.88. The summed E-state index contributed by atoms with van der Waals surface area (Å²) in [6.45, 7) is 3.58. The van der Waals surface area contributed by atoms with Crippen LogP contribution in [0.2, 0.25) is 0 Å². The number of esters is 1. The van der Waals surface area contributed by atoms with E-state index in [0.717, 1.165) is 25.7 Å². The van der Waals surface area contributed by atoms with Crippen LogP contribution in [0.1, 0.15) is 74.7 Å². The Morgan fingerprint density at radius 3 is 2.41 bits per heavy atom. The van der Waals surface area contributed by atoms with Gasteiger partial charge in [0.05, 0.1) is 25.9 Å². The average Bonchev–Trinajstić information content (AvgIpc) is 3.67. The molecular formula is C27H36O7. The predicted octanol–water partition coefficient (Wildman–Crippen LogP) is 4.38. The number of ether oxygens (including phenoxy) is 3. The van der Waals surface area contributed by atoms with Gasteiger partial charge in [0.2, 0.25) is 5.75 Å².